The lowest BCUT2D eigenvalue weighted by atomic mass is 10.0. The van der Waals surface area contributed by atoms with Crippen molar-refractivity contribution in [3.8, 4) is 0 Å². The van der Waals surface area contributed by atoms with Crippen molar-refractivity contribution in [2.45, 2.75) is 51.3 Å². The second-order valence-electron chi connectivity index (χ2n) is 8.63. The van der Waals surface area contributed by atoms with Crippen LogP contribution in [0.4, 0.5) is 4.79 Å². The summed E-state index contributed by atoms with van der Waals surface area (Å²) < 4.78 is 10.2. The highest BCUT2D eigenvalue weighted by Gasteiger charge is 2.30. The number of carbonyl (C=O) groups excluding carboxylic acids is 3. The average molecular weight is 456 g/mol. The number of H-pyrrole nitrogens is 2. The van der Waals surface area contributed by atoms with Crippen molar-refractivity contribution in [3.05, 3.63) is 54.2 Å². The highest BCUT2D eigenvalue weighted by Crippen LogP contribution is 2.19. The van der Waals surface area contributed by atoms with E-state index in [1.807, 2.05) is 24.3 Å². The molecule has 0 bridgehead atoms. The molecule has 1 aromatic carbocycles. The molecule has 2 amide bonds. The minimum absolute atomic E-state index is 0.131. The van der Waals surface area contributed by atoms with Gasteiger partial charge in [-0.3, -0.25) is 4.79 Å². The van der Waals surface area contributed by atoms with E-state index in [-0.39, 0.29) is 12.8 Å². The molecule has 0 saturated heterocycles. The van der Waals surface area contributed by atoms with Gasteiger partial charge in [-0.2, -0.15) is 0 Å². The Morgan fingerprint density at radius 3 is 2.48 bits per heavy atom. The van der Waals surface area contributed by atoms with Crippen LogP contribution >= 0.6 is 0 Å². The number of hydrogen-bond donors (Lipinski definition) is 4. The van der Waals surface area contributed by atoms with Crippen LogP contribution in [0.15, 0.2) is 43.0 Å². The van der Waals surface area contributed by atoms with Gasteiger partial charge in [0.15, 0.2) is 0 Å². The van der Waals surface area contributed by atoms with Crippen molar-refractivity contribution >= 4 is 28.9 Å². The molecule has 10 heteroatoms. The van der Waals surface area contributed by atoms with Crippen LogP contribution in [0, 0.1) is 0 Å². The van der Waals surface area contributed by atoms with E-state index in [4.69, 9.17) is 9.47 Å². The van der Waals surface area contributed by atoms with Gasteiger partial charge < -0.3 is 30.1 Å². The SMILES string of the molecule is COC(=O)[C@@H](Cc1c[nH]c2ccccc12)NC(=O)[C@H](Cc1cnc[nH]1)NC(=O)OC(C)(C)C. The number of alkyl carbamates (subject to hydrolysis) is 1. The summed E-state index contributed by atoms with van der Waals surface area (Å²) in [7, 11) is 1.26. The number of hydrogen-bond acceptors (Lipinski definition) is 6. The molecule has 2 heterocycles. The Balaban J connectivity index is 1.78. The molecule has 176 valence electrons. The fourth-order valence-corrected chi connectivity index (χ4v) is 3.40. The number of nitrogens with zero attached hydrogens (tertiary/aromatic N) is 1. The Bertz CT molecular complexity index is 1100. The molecule has 0 aliphatic carbocycles. The Kier molecular flexibility index (Phi) is 7.37. The van der Waals surface area contributed by atoms with Gasteiger partial charge in [-0.1, -0.05) is 18.2 Å². The number of imidazole rings is 1. The number of benzene rings is 1. The van der Waals surface area contributed by atoms with Crippen LogP contribution in [-0.4, -0.2) is 57.7 Å². The van der Waals surface area contributed by atoms with Crippen molar-refractivity contribution in [1.82, 2.24) is 25.6 Å². The Morgan fingerprint density at radius 2 is 1.82 bits per heavy atom. The summed E-state index contributed by atoms with van der Waals surface area (Å²) in [5.41, 5.74) is 1.68. The summed E-state index contributed by atoms with van der Waals surface area (Å²) in [6, 6.07) is 5.71. The summed E-state index contributed by atoms with van der Waals surface area (Å²) in [6.07, 6.45) is 4.44. The molecule has 0 saturated carbocycles. The highest BCUT2D eigenvalue weighted by molar-refractivity contribution is 5.91. The maximum Gasteiger partial charge on any atom is 0.408 e. The van der Waals surface area contributed by atoms with Crippen LogP contribution in [0.1, 0.15) is 32.0 Å². The third-order valence-electron chi connectivity index (χ3n) is 4.89. The molecular weight excluding hydrogens is 426 g/mol. The quantitative estimate of drug-likeness (QED) is 0.384. The zero-order chi connectivity index (χ0) is 24.0. The molecule has 2 aromatic heterocycles. The van der Waals surface area contributed by atoms with Crippen molar-refractivity contribution < 1.29 is 23.9 Å². The van der Waals surface area contributed by atoms with Crippen molar-refractivity contribution in [2.24, 2.45) is 0 Å². The van der Waals surface area contributed by atoms with Crippen molar-refractivity contribution in [1.29, 1.82) is 0 Å². The zero-order valence-electron chi connectivity index (χ0n) is 19.1. The Labute approximate surface area is 191 Å². The molecule has 0 unspecified atom stereocenters. The molecular formula is C23H29N5O5. The molecule has 3 rings (SSSR count). The predicted octanol–water partition coefficient (Wildman–Crippen LogP) is 2.23. The van der Waals surface area contributed by atoms with Gasteiger partial charge in [-0.05, 0) is 32.4 Å². The summed E-state index contributed by atoms with van der Waals surface area (Å²) in [5.74, 6) is -1.14. The number of rotatable bonds is 8. The standard InChI is InChI=1S/C23H29N5O5/c1-23(2,3)33-22(31)28-18(10-15-12-24-13-26-15)20(29)27-19(21(30)32-4)9-14-11-25-17-8-6-5-7-16(14)17/h5-8,11-13,18-19,25H,9-10H2,1-4H3,(H,24,26)(H,27,29)(H,28,31)/t18-,19+/m0/s1. The molecule has 2 atom stereocenters. The van der Waals surface area contributed by atoms with E-state index < -0.39 is 35.7 Å². The second kappa shape index (κ2) is 10.2. The number of nitrogens with one attached hydrogen (secondary N) is 4. The molecule has 0 spiro atoms. The number of carbonyl (C=O) groups is 3. The fraction of sp³-hybridized carbons (Fsp3) is 0.391. The van der Waals surface area contributed by atoms with Gasteiger partial charge >= 0.3 is 12.1 Å². The maximum absolute atomic E-state index is 13.2. The molecule has 0 radical (unpaired) electrons. The van der Waals surface area contributed by atoms with Gasteiger partial charge in [-0.25, -0.2) is 14.6 Å². The van der Waals surface area contributed by atoms with Gasteiger partial charge in [0.1, 0.15) is 17.7 Å². The first-order valence-corrected chi connectivity index (χ1v) is 10.6. The van der Waals surface area contributed by atoms with E-state index in [1.54, 1.807) is 33.2 Å². The zero-order valence-corrected chi connectivity index (χ0v) is 19.1. The number of esters is 1. The molecule has 3 aromatic rings. The molecule has 33 heavy (non-hydrogen) atoms. The van der Waals surface area contributed by atoms with Crippen molar-refractivity contribution in [2.75, 3.05) is 7.11 Å². The normalized spacial score (nSPS) is 13.2. The van der Waals surface area contributed by atoms with Crippen LogP contribution in [0.5, 0.6) is 0 Å². The average Bonchev–Trinajstić information content (AvgIpc) is 3.41. The van der Waals surface area contributed by atoms with E-state index in [1.165, 1.54) is 13.4 Å². The van der Waals surface area contributed by atoms with Crippen LogP contribution < -0.4 is 10.6 Å². The van der Waals surface area contributed by atoms with Crippen LogP contribution in [0.25, 0.3) is 10.9 Å². The summed E-state index contributed by atoms with van der Waals surface area (Å²) >= 11 is 0. The molecule has 0 aliphatic heterocycles. The van der Waals surface area contributed by atoms with Gasteiger partial charge in [0.2, 0.25) is 5.91 Å². The predicted molar refractivity (Wildman–Crippen MR) is 121 cm³/mol. The Morgan fingerprint density at radius 1 is 1.06 bits per heavy atom. The van der Waals surface area contributed by atoms with Crippen LogP contribution in [0.3, 0.4) is 0 Å². The first-order chi connectivity index (χ1) is 15.7. The smallest absolute Gasteiger partial charge is 0.408 e. The maximum atomic E-state index is 13.2. The van der Waals surface area contributed by atoms with Gasteiger partial charge in [0, 0.05) is 41.8 Å². The number of aromatic amines is 2. The minimum atomic E-state index is -1.00. The van der Waals surface area contributed by atoms with Crippen LogP contribution in [-0.2, 0) is 31.9 Å². The number of amides is 2. The van der Waals surface area contributed by atoms with Gasteiger partial charge in [0.05, 0.1) is 13.4 Å². The van der Waals surface area contributed by atoms with Crippen molar-refractivity contribution in [3.63, 3.8) is 0 Å². The molecule has 4 N–H and O–H groups in total. The number of ether oxygens (including phenoxy) is 2. The van der Waals surface area contributed by atoms with E-state index in [0.29, 0.717) is 5.69 Å². The van der Waals surface area contributed by atoms with E-state index >= 15 is 0 Å². The number of para-hydroxylation sites is 1. The largest absolute Gasteiger partial charge is 0.467 e. The van der Waals surface area contributed by atoms with Crippen LogP contribution in [0.2, 0.25) is 0 Å². The molecule has 0 aliphatic rings. The van der Waals surface area contributed by atoms with Gasteiger partial charge in [0.25, 0.3) is 0 Å². The topological polar surface area (TPSA) is 138 Å². The second-order valence-corrected chi connectivity index (χ2v) is 8.63. The fourth-order valence-electron chi connectivity index (χ4n) is 3.40. The third kappa shape index (κ3) is 6.58. The summed E-state index contributed by atoms with van der Waals surface area (Å²) in [4.78, 5) is 48.0. The lowest BCUT2D eigenvalue weighted by molar-refractivity contribution is -0.145. The monoisotopic (exact) mass is 455 g/mol. The number of methoxy groups -OCH3 is 1. The summed E-state index contributed by atoms with van der Waals surface area (Å²) in [5, 5.41) is 6.25. The number of aromatic nitrogens is 3. The highest BCUT2D eigenvalue weighted by atomic mass is 16.6. The number of fused-ring (bicyclic) bond motifs is 1. The lowest BCUT2D eigenvalue weighted by Gasteiger charge is -2.24. The Hall–Kier alpha value is -3.82. The van der Waals surface area contributed by atoms with E-state index in [2.05, 4.69) is 25.6 Å². The minimum Gasteiger partial charge on any atom is -0.467 e. The van der Waals surface area contributed by atoms with Gasteiger partial charge in [-0.15, -0.1) is 0 Å². The third-order valence-corrected chi connectivity index (χ3v) is 4.89. The molecule has 10 nitrogen and oxygen atoms in total. The first kappa shape index (κ1) is 23.8. The lowest BCUT2D eigenvalue weighted by Crippen LogP contribution is -2.54. The summed E-state index contributed by atoms with van der Waals surface area (Å²) in [6.45, 7) is 5.18. The molecule has 0 fully saturated rings. The van der Waals surface area contributed by atoms with E-state index in [0.717, 1.165) is 16.5 Å². The van der Waals surface area contributed by atoms with E-state index in [9.17, 15) is 14.4 Å². The first-order valence-electron chi connectivity index (χ1n) is 10.6.